The summed E-state index contributed by atoms with van der Waals surface area (Å²) in [6.07, 6.45) is 0. The van der Waals surface area contributed by atoms with Crippen molar-refractivity contribution in [3.63, 3.8) is 0 Å². The minimum atomic E-state index is -0.241. The summed E-state index contributed by atoms with van der Waals surface area (Å²) < 4.78 is 12.8. The second-order valence-corrected chi connectivity index (χ2v) is 6.15. The van der Waals surface area contributed by atoms with Gasteiger partial charge in [0.15, 0.2) is 5.16 Å². The fourth-order valence-electron chi connectivity index (χ4n) is 1.84. The lowest BCUT2D eigenvalue weighted by Crippen LogP contribution is -2.14. The van der Waals surface area contributed by atoms with Gasteiger partial charge in [-0.05, 0) is 17.7 Å². The van der Waals surface area contributed by atoms with Crippen molar-refractivity contribution in [1.29, 1.82) is 0 Å². The maximum absolute atomic E-state index is 12.8. The van der Waals surface area contributed by atoms with E-state index in [0.717, 1.165) is 28.3 Å². The van der Waals surface area contributed by atoms with Crippen LogP contribution in [0.2, 0.25) is 0 Å². The number of nitrogens with zero attached hydrogens (tertiary/aromatic N) is 1. The number of aromatic nitrogens is 2. The number of halogens is 1. The Hall–Kier alpha value is -1.27. The van der Waals surface area contributed by atoms with Crippen molar-refractivity contribution in [2.24, 2.45) is 0 Å². The fraction of sp³-hybridized carbons (Fsp3) is 0.231. The first-order chi connectivity index (χ1) is 9.22. The third kappa shape index (κ3) is 2.84. The molecule has 2 heterocycles. The van der Waals surface area contributed by atoms with Gasteiger partial charge in [0.05, 0.1) is 5.69 Å². The van der Waals surface area contributed by atoms with Gasteiger partial charge < -0.3 is 4.98 Å². The first kappa shape index (κ1) is 12.7. The second-order valence-electron chi connectivity index (χ2n) is 4.20. The van der Waals surface area contributed by atoms with Gasteiger partial charge in [-0.3, -0.25) is 4.79 Å². The van der Waals surface area contributed by atoms with Gasteiger partial charge in [-0.25, -0.2) is 9.37 Å². The van der Waals surface area contributed by atoms with Crippen LogP contribution in [0.5, 0.6) is 0 Å². The number of hydrogen-bond acceptors (Lipinski definition) is 4. The predicted octanol–water partition coefficient (Wildman–Crippen LogP) is 2.95. The Morgan fingerprint density at radius 1 is 1.32 bits per heavy atom. The van der Waals surface area contributed by atoms with Crippen LogP contribution >= 0.6 is 23.5 Å². The first-order valence-corrected chi connectivity index (χ1v) is 7.93. The smallest absolute Gasteiger partial charge is 0.255 e. The van der Waals surface area contributed by atoms with E-state index >= 15 is 0 Å². The fourth-order valence-corrected chi connectivity index (χ4v) is 3.71. The first-order valence-electron chi connectivity index (χ1n) is 5.79. The van der Waals surface area contributed by atoms with Gasteiger partial charge in [0, 0.05) is 22.8 Å². The lowest BCUT2D eigenvalue weighted by Gasteiger charge is -2.03. The predicted molar refractivity (Wildman–Crippen MR) is 75.8 cm³/mol. The van der Waals surface area contributed by atoms with Crippen LogP contribution in [0.3, 0.4) is 0 Å². The van der Waals surface area contributed by atoms with Gasteiger partial charge in [0.25, 0.3) is 5.56 Å². The average Bonchev–Trinajstić information content (AvgIpc) is 2.87. The summed E-state index contributed by atoms with van der Waals surface area (Å²) >= 11 is 3.17. The SMILES string of the molecule is O=c1[nH]c(SCc2ccc(F)cc2)nc2c1CSC2. The highest BCUT2D eigenvalue weighted by Crippen LogP contribution is 2.27. The normalized spacial score (nSPS) is 13.5. The van der Waals surface area contributed by atoms with E-state index in [1.54, 1.807) is 23.9 Å². The quantitative estimate of drug-likeness (QED) is 0.698. The number of hydrogen-bond donors (Lipinski definition) is 1. The Morgan fingerprint density at radius 3 is 2.89 bits per heavy atom. The topological polar surface area (TPSA) is 45.8 Å². The van der Waals surface area contributed by atoms with Crippen LogP contribution in [0, 0.1) is 5.82 Å². The van der Waals surface area contributed by atoms with Gasteiger partial charge in [-0.2, -0.15) is 11.8 Å². The molecule has 3 rings (SSSR count). The molecule has 0 amide bonds. The summed E-state index contributed by atoms with van der Waals surface area (Å²) in [6, 6.07) is 6.35. The highest BCUT2D eigenvalue weighted by Gasteiger charge is 2.17. The lowest BCUT2D eigenvalue weighted by atomic mass is 10.2. The molecule has 0 bridgehead atoms. The third-order valence-electron chi connectivity index (χ3n) is 2.85. The molecule has 2 aromatic rings. The standard InChI is InChI=1S/C13H11FN2OS2/c14-9-3-1-8(2-4-9)5-19-13-15-11-7-18-6-10(11)12(17)16-13/h1-4H,5-7H2,(H,15,16,17). The number of rotatable bonds is 3. The molecule has 1 aliphatic heterocycles. The molecule has 0 saturated carbocycles. The molecule has 1 aromatic heterocycles. The van der Waals surface area contributed by atoms with E-state index < -0.39 is 0 Å². The van der Waals surface area contributed by atoms with E-state index in [1.165, 1.54) is 23.9 Å². The number of H-pyrrole nitrogens is 1. The van der Waals surface area contributed by atoms with Gasteiger partial charge in [-0.15, -0.1) is 0 Å². The van der Waals surface area contributed by atoms with E-state index in [4.69, 9.17) is 0 Å². The molecule has 98 valence electrons. The van der Waals surface area contributed by atoms with Crippen LogP contribution in [0.25, 0.3) is 0 Å². The van der Waals surface area contributed by atoms with E-state index in [-0.39, 0.29) is 11.4 Å². The molecular weight excluding hydrogens is 283 g/mol. The largest absolute Gasteiger partial charge is 0.301 e. The number of fused-ring (bicyclic) bond motifs is 1. The summed E-state index contributed by atoms with van der Waals surface area (Å²) in [7, 11) is 0. The van der Waals surface area contributed by atoms with Crippen molar-refractivity contribution in [3.05, 3.63) is 57.3 Å². The van der Waals surface area contributed by atoms with Crippen LogP contribution < -0.4 is 5.56 Å². The summed E-state index contributed by atoms with van der Waals surface area (Å²) in [5.41, 5.74) is 2.67. The Bertz CT molecular complexity index is 655. The molecule has 1 N–H and O–H groups in total. The highest BCUT2D eigenvalue weighted by atomic mass is 32.2. The zero-order valence-electron chi connectivity index (χ0n) is 9.98. The number of benzene rings is 1. The highest BCUT2D eigenvalue weighted by molar-refractivity contribution is 7.98. The Balaban J connectivity index is 1.75. The minimum absolute atomic E-state index is 0.0309. The van der Waals surface area contributed by atoms with Crippen LogP contribution in [0.4, 0.5) is 4.39 Å². The van der Waals surface area contributed by atoms with E-state index in [9.17, 15) is 9.18 Å². The maximum atomic E-state index is 12.8. The molecule has 0 unspecified atom stereocenters. The van der Waals surface area contributed by atoms with Crippen molar-refractivity contribution in [2.45, 2.75) is 22.4 Å². The molecule has 3 nitrogen and oxygen atoms in total. The van der Waals surface area contributed by atoms with Crippen molar-refractivity contribution >= 4 is 23.5 Å². The molecule has 0 radical (unpaired) electrons. The molecule has 0 fully saturated rings. The van der Waals surface area contributed by atoms with Crippen molar-refractivity contribution in [2.75, 3.05) is 0 Å². The van der Waals surface area contributed by atoms with Gasteiger partial charge in [0.1, 0.15) is 5.82 Å². The van der Waals surface area contributed by atoms with Gasteiger partial charge in [0.2, 0.25) is 0 Å². The zero-order valence-corrected chi connectivity index (χ0v) is 11.6. The Kier molecular flexibility index (Phi) is 3.61. The van der Waals surface area contributed by atoms with E-state index in [2.05, 4.69) is 9.97 Å². The molecule has 0 saturated heterocycles. The van der Waals surface area contributed by atoms with E-state index in [1.807, 2.05) is 0 Å². The monoisotopic (exact) mass is 294 g/mol. The average molecular weight is 294 g/mol. The summed E-state index contributed by atoms with van der Waals surface area (Å²) in [6.45, 7) is 0. The minimum Gasteiger partial charge on any atom is -0.301 e. The van der Waals surface area contributed by atoms with E-state index in [0.29, 0.717) is 10.9 Å². The maximum Gasteiger partial charge on any atom is 0.255 e. The molecule has 6 heteroatoms. The van der Waals surface area contributed by atoms with Crippen LogP contribution in [-0.2, 0) is 17.3 Å². The second kappa shape index (κ2) is 5.38. The molecule has 0 atom stereocenters. The lowest BCUT2D eigenvalue weighted by molar-refractivity contribution is 0.627. The summed E-state index contributed by atoms with van der Waals surface area (Å²) in [5.74, 6) is 1.98. The van der Waals surface area contributed by atoms with Crippen LogP contribution in [0.15, 0.2) is 34.2 Å². The molecule has 1 aliphatic rings. The Morgan fingerprint density at radius 2 is 2.11 bits per heavy atom. The Labute approximate surface area is 118 Å². The van der Waals surface area contributed by atoms with Gasteiger partial charge in [-0.1, -0.05) is 23.9 Å². The van der Waals surface area contributed by atoms with Crippen molar-refractivity contribution in [3.8, 4) is 0 Å². The molecule has 0 aliphatic carbocycles. The molecule has 19 heavy (non-hydrogen) atoms. The molecule has 0 spiro atoms. The molecule has 1 aromatic carbocycles. The van der Waals surface area contributed by atoms with Crippen LogP contribution in [0.1, 0.15) is 16.8 Å². The van der Waals surface area contributed by atoms with Crippen LogP contribution in [-0.4, -0.2) is 9.97 Å². The summed E-state index contributed by atoms with van der Waals surface area (Å²) in [4.78, 5) is 19.1. The molecular formula is C13H11FN2OS2. The summed E-state index contributed by atoms with van der Waals surface area (Å²) in [5, 5.41) is 0.635. The number of nitrogens with one attached hydrogen (secondary N) is 1. The van der Waals surface area contributed by atoms with Gasteiger partial charge >= 0.3 is 0 Å². The van der Waals surface area contributed by atoms with Crippen molar-refractivity contribution in [1.82, 2.24) is 9.97 Å². The third-order valence-corrected chi connectivity index (χ3v) is 4.77. The number of aromatic amines is 1. The number of thioether (sulfide) groups is 2. The zero-order chi connectivity index (χ0) is 13.2. The van der Waals surface area contributed by atoms with Crippen molar-refractivity contribution < 1.29 is 4.39 Å².